The van der Waals surface area contributed by atoms with Crippen LogP contribution >= 0.6 is 0 Å². The Balaban J connectivity index is 1.64. The van der Waals surface area contributed by atoms with Crippen molar-refractivity contribution in [3.8, 4) is 5.75 Å². The second-order valence-corrected chi connectivity index (χ2v) is 8.35. The van der Waals surface area contributed by atoms with Gasteiger partial charge in [-0.15, -0.1) is 10.2 Å². The molecule has 0 bridgehead atoms. The van der Waals surface area contributed by atoms with Crippen molar-refractivity contribution in [2.24, 2.45) is 0 Å². The summed E-state index contributed by atoms with van der Waals surface area (Å²) in [5.41, 5.74) is -0.246. The van der Waals surface area contributed by atoms with Crippen molar-refractivity contribution in [3.05, 3.63) is 51.9 Å². The fraction of sp³-hybridized carbons (Fsp3) is 0.455. The van der Waals surface area contributed by atoms with Gasteiger partial charge in [-0.2, -0.15) is 0 Å². The molecule has 0 spiro atoms. The first kappa shape index (κ1) is 20.1. The van der Waals surface area contributed by atoms with Gasteiger partial charge in [0.05, 0.1) is 18.7 Å². The van der Waals surface area contributed by atoms with Crippen molar-refractivity contribution < 1.29 is 13.9 Å². The zero-order valence-corrected chi connectivity index (χ0v) is 17.9. The molecule has 1 aromatic carbocycles. The summed E-state index contributed by atoms with van der Waals surface area (Å²) in [4.78, 5) is 27.4. The van der Waals surface area contributed by atoms with Crippen LogP contribution in [0.5, 0.6) is 5.75 Å². The molecule has 0 unspecified atom stereocenters. The van der Waals surface area contributed by atoms with Gasteiger partial charge in [0.1, 0.15) is 22.7 Å². The zero-order valence-electron chi connectivity index (χ0n) is 17.9. The molecule has 1 aliphatic heterocycles. The van der Waals surface area contributed by atoms with Crippen LogP contribution < -0.4 is 10.4 Å². The third-order valence-electron chi connectivity index (χ3n) is 5.16. The number of nitrogens with zero attached hydrogens (tertiary/aromatic N) is 4. The Morgan fingerprint density at radius 1 is 1.20 bits per heavy atom. The summed E-state index contributed by atoms with van der Waals surface area (Å²) in [6.45, 7) is 10.8. The fourth-order valence-corrected chi connectivity index (χ4v) is 3.87. The molecule has 0 saturated heterocycles. The average Bonchev–Trinajstić information content (AvgIpc) is 3.11. The quantitative estimate of drug-likeness (QED) is 0.612. The summed E-state index contributed by atoms with van der Waals surface area (Å²) in [6.07, 6.45) is 0.00868. The Morgan fingerprint density at radius 3 is 2.67 bits per heavy atom. The van der Waals surface area contributed by atoms with Crippen molar-refractivity contribution in [2.45, 2.75) is 59.2 Å². The molecule has 0 fully saturated rings. The highest BCUT2D eigenvalue weighted by Crippen LogP contribution is 2.27. The highest BCUT2D eigenvalue weighted by Gasteiger charge is 2.31. The van der Waals surface area contributed by atoms with Crippen molar-refractivity contribution >= 4 is 16.9 Å². The lowest BCUT2D eigenvalue weighted by atomic mass is 10.1. The molecule has 8 nitrogen and oxygen atoms in total. The van der Waals surface area contributed by atoms with Crippen LogP contribution in [0.4, 0.5) is 0 Å². The van der Waals surface area contributed by atoms with E-state index in [0.717, 1.165) is 11.6 Å². The van der Waals surface area contributed by atoms with Gasteiger partial charge in [-0.05, 0) is 39.0 Å². The Labute approximate surface area is 174 Å². The minimum absolute atomic E-state index is 0.00868. The summed E-state index contributed by atoms with van der Waals surface area (Å²) >= 11 is 0. The Kier molecular flexibility index (Phi) is 5.09. The van der Waals surface area contributed by atoms with Crippen LogP contribution in [-0.4, -0.2) is 38.2 Å². The molecule has 0 radical (unpaired) electrons. The van der Waals surface area contributed by atoms with Crippen molar-refractivity contribution in [2.75, 3.05) is 6.54 Å². The first-order chi connectivity index (χ1) is 14.2. The van der Waals surface area contributed by atoms with E-state index in [2.05, 4.69) is 28.6 Å². The monoisotopic (exact) mass is 410 g/mol. The predicted octanol–water partition coefficient (Wildman–Crippen LogP) is 3.51. The standard InChI is InChI=1S/C22H26N4O4/c1-12(2)20-24-23-19-11-25(10-14(5)26(19)20)21(27)17-8-15-6-7-16(29-13(3)4)9-18(15)30-22(17)28/h6-9,12-14H,10-11H2,1-5H3/t14-/m0/s1. The molecule has 1 amide bonds. The molecule has 2 aromatic heterocycles. The largest absolute Gasteiger partial charge is 0.491 e. The number of amides is 1. The van der Waals surface area contributed by atoms with Crippen LogP contribution in [0.3, 0.4) is 0 Å². The zero-order chi connectivity index (χ0) is 21.6. The molecule has 4 rings (SSSR count). The maximum atomic E-state index is 13.2. The van der Waals surface area contributed by atoms with Crippen LogP contribution in [0, 0.1) is 0 Å². The van der Waals surface area contributed by atoms with E-state index in [1.165, 1.54) is 0 Å². The number of aromatic nitrogens is 3. The van der Waals surface area contributed by atoms with Crippen LogP contribution in [0.1, 0.15) is 68.6 Å². The van der Waals surface area contributed by atoms with E-state index < -0.39 is 5.63 Å². The topological polar surface area (TPSA) is 90.5 Å². The Morgan fingerprint density at radius 2 is 1.97 bits per heavy atom. The maximum Gasteiger partial charge on any atom is 0.349 e. The van der Waals surface area contributed by atoms with Gasteiger partial charge < -0.3 is 18.6 Å². The number of rotatable bonds is 4. The predicted molar refractivity (Wildman–Crippen MR) is 112 cm³/mol. The number of carbonyl (C=O) groups is 1. The molecule has 0 aliphatic carbocycles. The number of hydrogen-bond acceptors (Lipinski definition) is 6. The van der Waals surface area contributed by atoms with Crippen molar-refractivity contribution in [3.63, 3.8) is 0 Å². The molecule has 0 saturated carbocycles. The van der Waals surface area contributed by atoms with E-state index in [4.69, 9.17) is 9.15 Å². The molecule has 158 valence electrons. The number of benzene rings is 1. The molecule has 0 N–H and O–H groups in total. The molecule has 3 aromatic rings. The molecular formula is C22H26N4O4. The summed E-state index contributed by atoms with van der Waals surface area (Å²) in [5, 5.41) is 9.22. The van der Waals surface area contributed by atoms with E-state index in [9.17, 15) is 9.59 Å². The number of hydrogen-bond donors (Lipinski definition) is 0. The van der Waals surface area contributed by atoms with Crippen molar-refractivity contribution in [1.82, 2.24) is 19.7 Å². The molecular weight excluding hydrogens is 384 g/mol. The highest BCUT2D eigenvalue weighted by molar-refractivity contribution is 5.96. The van der Waals surface area contributed by atoms with E-state index in [0.29, 0.717) is 29.8 Å². The van der Waals surface area contributed by atoms with Gasteiger partial charge in [-0.25, -0.2) is 4.79 Å². The minimum Gasteiger partial charge on any atom is -0.491 e. The molecule has 1 atom stereocenters. The van der Waals surface area contributed by atoms with Crippen LogP contribution in [0.2, 0.25) is 0 Å². The minimum atomic E-state index is -0.656. The highest BCUT2D eigenvalue weighted by atomic mass is 16.5. The van der Waals surface area contributed by atoms with Crippen LogP contribution in [-0.2, 0) is 6.54 Å². The van der Waals surface area contributed by atoms with E-state index >= 15 is 0 Å². The van der Waals surface area contributed by atoms with Crippen LogP contribution in [0.25, 0.3) is 11.0 Å². The summed E-state index contributed by atoms with van der Waals surface area (Å²) in [7, 11) is 0. The fourth-order valence-electron chi connectivity index (χ4n) is 3.87. The number of fused-ring (bicyclic) bond motifs is 2. The third kappa shape index (κ3) is 3.58. The van der Waals surface area contributed by atoms with Gasteiger partial charge >= 0.3 is 5.63 Å². The lowest BCUT2D eigenvalue weighted by molar-refractivity contribution is 0.0675. The third-order valence-corrected chi connectivity index (χ3v) is 5.16. The SMILES string of the molecule is CC(C)Oc1ccc2cc(C(=O)N3Cc4nnc(C(C)C)n4[C@@H](C)C3)c(=O)oc2c1. The average molecular weight is 410 g/mol. The Hall–Kier alpha value is -3.16. The number of ether oxygens (including phenoxy) is 1. The van der Waals surface area contributed by atoms with E-state index in [1.807, 2.05) is 20.8 Å². The summed E-state index contributed by atoms with van der Waals surface area (Å²) in [6, 6.07) is 6.87. The van der Waals surface area contributed by atoms with Gasteiger partial charge in [0, 0.05) is 23.9 Å². The summed E-state index contributed by atoms with van der Waals surface area (Å²) in [5.74, 6) is 2.14. The second kappa shape index (κ2) is 7.59. The molecule has 1 aliphatic rings. The van der Waals surface area contributed by atoms with Gasteiger partial charge in [0.15, 0.2) is 5.82 Å². The smallest absolute Gasteiger partial charge is 0.349 e. The Bertz CT molecular complexity index is 1160. The van der Waals surface area contributed by atoms with Gasteiger partial charge in [0.25, 0.3) is 5.91 Å². The molecule has 30 heavy (non-hydrogen) atoms. The second-order valence-electron chi connectivity index (χ2n) is 8.35. The van der Waals surface area contributed by atoms with Crippen molar-refractivity contribution in [1.29, 1.82) is 0 Å². The lowest BCUT2D eigenvalue weighted by Gasteiger charge is -2.32. The van der Waals surface area contributed by atoms with E-state index in [1.54, 1.807) is 29.2 Å². The maximum absolute atomic E-state index is 13.2. The molecule has 8 heteroatoms. The van der Waals surface area contributed by atoms with Gasteiger partial charge in [-0.1, -0.05) is 13.8 Å². The van der Waals surface area contributed by atoms with Gasteiger partial charge in [0.2, 0.25) is 0 Å². The normalized spacial score (nSPS) is 16.4. The number of carbonyl (C=O) groups excluding carboxylic acids is 1. The lowest BCUT2D eigenvalue weighted by Crippen LogP contribution is -2.42. The molecule has 3 heterocycles. The first-order valence-electron chi connectivity index (χ1n) is 10.2. The van der Waals surface area contributed by atoms with Crippen LogP contribution in [0.15, 0.2) is 33.5 Å². The summed E-state index contributed by atoms with van der Waals surface area (Å²) < 4.78 is 13.2. The van der Waals surface area contributed by atoms with Gasteiger partial charge in [-0.3, -0.25) is 4.79 Å². The van der Waals surface area contributed by atoms with E-state index in [-0.39, 0.29) is 29.5 Å². The first-order valence-corrected chi connectivity index (χ1v) is 10.2.